The van der Waals surface area contributed by atoms with Gasteiger partial charge in [-0.15, -0.1) is 0 Å². The van der Waals surface area contributed by atoms with Gasteiger partial charge in [0.25, 0.3) is 10.0 Å². The number of carbonyl (C=O) groups is 1. The van der Waals surface area contributed by atoms with Crippen LogP contribution in [0.1, 0.15) is 20.3 Å². The SMILES string of the molecule is C=C/C(=C\C(=C/C)S(=O)(=O)N1C[C@H](C[C@@H](C)C(=O)O)Oc2ccc(-c3cc(Cl)cc(OC(F)F)c3)cc21)C(F)(F)F. The first kappa shape index (κ1) is 31.9. The van der Waals surface area contributed by atoms with Crippen molar-refractivity contribution in [1.29, 1.82) is 0 Å². The van der Waals surface area contributed by atoms with Crippen molar-refractivity contribution in [2.24, 2.45) is 5.92 Å². The van der Waals surface area contributed by atoms with Crippen LogP contribution in [0.15, 0.2) is 71.7 Å². The van der Waals surface area contributed by atoms with E-state index in [9.17, 15) is 40.3 Å². The van der Waals surface area contributed by atoms with Crippen molar-refractivity contribution >= 4 is 33.3 Å². The van der Waals surface area contributed by atoms with Crippen molar-refractivity contribution in [3.63, 3.8) is 0 Å². The first-order valence-corrected chi connectivity index (χ1v) is 13.8. The van der Waals surface area contributed by atoms with Crippen LogP contribution in [0.4, 0.5) is 27.6 Å². The van der Waals surface area contributed by atoms with Crippen LogP contribution >= 0.6 is 11.6 Å². The van der Waals surface area contributed by atoms with Crippen molar-refractivity contribution in [1.82, 2.24) is 0 Å². The maximum atomic E-state index is 13.8. The van der Waals surface area contributed by atoms with Gasteiger partial charge in [-0.05, 0) is 60.9 Å². The second-order valence-electron chi connectivity index (χ2n) is 8.98. The van der Waals surface area contributed by atoms with Gasteiger partial charge in [0.05, 0.1) is 28.6 Å². The predicted octanol–water partition coefficient (Wildman–Crippen LogP) is 7.19. The topological polar surface area (TPSA) is 93.1 Å². The quantitative estimate of drug-likeness (QED) is 0.223. The van der Waals surface area contributed by atoms with E-state index in [-0.39, 0.29) is 34.2 Å². The molecule has 3 rings (SSSR count). The molecule has 0 aromatic heterocycles. The van der Waals surface area contributed by atoms with Crippen molar-refractivity contribution in [2.75, 3.05) is 10.8 Å². The average Bonchev–Trinajstić information content (AvgIpc) is 2.86. The highest BCUT2D eigenvalue weighted by molar-refractivity contribution is 7.96. The second kappa shape index (κ2) is 12.5. The van der Waals surface area contributed by atoms with Crippen LogP contribution in [0.2, 0.25) is 5.02 Å². The number of allylic oxidation sites excluding steroid dienone is 4. The molecule has 1 N–H and O–H groups in total. The molecule has 0 amide bonds. The molecule has 0 aliphatic carbocycles. The van der Waals surface area contributed by atoms with Crippen LogP contribution in [0.25, 0.3) is 11.1 Å². The van der Waals surface area contributed by atoms with Gasteiger partial charge >= 0.3 is 18.8 Å². The second-order valence-corrected chi connectivity index (χ2v) is 11.3. The van der Waals surface area contributed by atoms with Crippen LogP contribution in [-0.4, -0.2) is 44.9 Å². The maximum Gasteiger partial charge on any atom is 0.416 e. The molecule has 1 aliphatic heterocycles. The van der Waals surface area contributed by atoms with E-state index in [1.54, 1.807) is 0 Å². The predicted molar refractivity (Wildman–Crippen MR) is 144 cm³/mol. The monoisotopic (exact) mass is 621 g/mol. The Bertz CT molecular complexity index is 1490. The van der Waals surface area contributed by atoms with Crippen molar-refractivity contribution in [3.05, 3.63) is 76.7 Å². The Labute approximate surface area is 238 Å². The van der Waals surface area contributed by atoms with Crippen LogP contribution in [0, 0.1) is 5.92 Å². The number of carboxylic acids is 1. The fraction of sp³-hybridized carbons (Fsp3) is 0.296. The lowest BCUT2D eigenvalue weighted by molar-refractivity contribution is -0.142. The Morgan fingerprint density at radius 3 is 2.49 bits per heavy atom. The molecular weight excluding hydrogens is 597 g/mol. The Kier molecular flexibility index (Phi) is 9.75. The third-order valence-electron chi connectivity index (χ3n) is 6.08. The van der Waals surface area contributed by atoms with Crippen LogP contribution < -0.4 is 13.8 Å². The summed E-state index contributed by atoms with van der Waals surface area (Å²) in [6.07, 6.45) is -4.03. The first-order valence-electron chi connectivity index (χ1n) is 12.0. The molecule has 41 heavy (non-hydrogen) atoms. The van der Waals surface area contributed by atoms with Gasteiger partial charge in [-0.3, -0.25) is 9.10 Å². The summed E-state index contributed by atoms with van der Waals surface area (Å²) in [4.78, 5) is 10.7. The number of sulfonamides is 1. The lowest BCUT2D eigenvalue weighted by Gasteiger charge is -2.36. The number of benzene rings is 2. The van der Waals surface area contributed by atoms with Gasteiger partial charge in [0.15, 0.2) is 0 Å². The Morgan fingerprint density at radius 1 is 1.24 bits per heavy atom. The summed E-state index contributed by atoms with van der Waals surface area (Å²) >= 11 is 6.06. The Balaban J connectivity index is 2.18. The minimum Gasteiger partial charge on any atom is -0.486 e. The molecule has 222 valence electrons. The standard InChI is InChI=1S/C27H25ClF5NO6S/c1-4-18(27(31,32)33)12-22(5-2)41(37,38)34-14-21(8-15(3)25(35)36)39-24-7-6-16(11-23(24)34)17-9-19(28)13-20(10-17)40-26(29)30/h4-7,9-13,15,21,26H,1,8,14H2,2-3H3,(H,35,36)/b18-12+,22-5+/t15-,21+/m1/s1. The van der Waals surface area contributed by atoms with Gasteiger partial charge in [-0.2, -0.15) is 22.0 Å². The molecule has 0 fully saturated rings. The Morgan fingerprint density at radius 2 is 1.93 bits per heavy atom. The molecule has 2 aromatic rings. The third-order valence-corrected chi connectivity index (χ3v) is 8.17. The number of halogens is 6. The summed E-state index contributed by atoms with van der Waals surface area (Å²) in [5.41, 5.74) is -0.797. The van der Waals surface area contributed by atoms with E-state index >= 15 is 0 Å². The summed E-state index contributed by atoms with van der Waals surface area (Å²) in [6.45, 7) is 2.21. The lowest BCUT2D eigenvalue weighted by atomic mass is 10.0. The molecule has 0 saturated carbocycles. The minimum absolute atomic E-state index is 0.0106. The summed E-state index contributed by atoms with van der Waals surface area (Å²) in [5, 5.41) is 9.38. The van der Waals surface area contributed by atoms with Crippen molar-refractivity contribution < 1.29 is 49.7 Å². The highest BCUT2D eigenvalue weighted by atomic mass is 35.5. The summed E-state index contributed by atoms with van der Waals surface area (Å²) in [7, 11) is -4.68. The molecule has 2 atom stereocenters. The van der Waals surface area contributed by atoms with Gasteiger partial charge in [0.2, 0.25) is 0 Å². The highest BCUT2D eigenvalue weighted by Gasteiger charge is 2.38. The molecule has 1 aliphatic rings. The van der Waals surface area contributed by atoms with Crippen LogP contribution in [-0.2, 0) is 14.8 Å². The number of nitrogens with zero attached hydrogens (tertiary/aromatic N) is 1. The molecule has 0 radical (unpaired) electrons. The summed E-state index contributed by atoms with van der Waals surface area (Å²) in [5.74, 6) is -2.32. The first-order chi connectivity index (χ1) is 19.1. The number of aliphatic carboxylic acids is 1. The number of ether oxygens (including phenoxy) is 2. The Hall–Kier alpha value is -3.58. The minimum atomic E-state index is -4.88. The summed E-state index contributed by atoms with van der Waals surface area (Å²) < 4.78 is 105. The molecule has 7 nitrogen and oxygen atoms in total. The maximum absolute atomic E-state index is 13.8. The zero-order valence-corrected chi connectivity index (χ0v) is 23.2. The largest absolute Gasteiger partial charge is 0.486 e. The van der Waals surface area contributed by atoms with Gasteiger partial charge in [-0.25, -0.2) is 8.42 Å². The van der Waals surface area contributed by atoms with Crippen molar-refractivity contribution in [2.45, 2.75) is 39.2 Å². The number of hydrogen-bond acceptors (Lipinski definition) is 5. The highest BCUT2D eigenvalue weighted by Crippen LogP contribution is 2.42. The number of alkyl halides is 5. The van der Waals surface area contributed by atoms with Crippen LogP contribution in [0.5, 0.6) is 11.5 Å². The van der Waals surface area contributed by atoms with E-state index in [4.69, 9.17) is 16.3 Å². The fourth-order valence-electron chi connectivity index (χ4n) is 4.08. The molecule has 0 saturated heterocycles. The lowest BCUT2D eigenvalue weighted by Crippen LogP contribution is -2.45. The average molecular weight is 622 g/mol. The summed E-state index contributed by atoms with van der Waals surface area (Å²) in [6, 6.07) is 8.04. The van der Waals surface area contributed by atoms with Gasteiger partial charge in [0, 0.05) is 5.02 Å². The normalized spacial score (nSPS) is 17.1. The number of hydrogen-bond donors (Lipinski definition) is 1. The van der Waals surface area contributed by atoms with E-state index < -0.39 is 57.8 Å². The number of rotatable bonds is 10. The van der Waals surface area contributed by atoms with E-state index in [0.29, 0.717) is 17.7 Å². The van der Waals surface area contributed by atoms with E-state index in [2.05, 4.69) is 11.3 Å². The zero-order valence-electron chi connectivity index (χ0n) is 21.7. The molecule has 1 heterocycles. The smallest absolute Gasteiger partial charge is 0.416 e. The van der Waals surface area contributed by atoms with Crippen molar-refractivity contribution in [3.8, 4) is 22.6 Å². The molecule has 2 aromatic carbocycles. The van der Waals surface area contributed by atoms with Crippen LogP contribution in [0.3, 0.4) is 0 Å². The number of carboxylic acid groups (broad SMARTS) is 1. The van der Waals surface area contributed by atoms with E-state index in [1.807, 2.05) is 0 Å². The van der Waals surface area contributed by atoms with Gasteiger partial charge in [-0.1, -0.05) is 43.3 Å². The molecule has 0 spiro atoms. The molecule has 0 bridgehead atoms. The molecule has 0 unspecified atom stereocenters. The zero-order chi connectivity index (χ0) is 30.7. The van der Waals surface area contributed by atoms with E-state index in [0.717, 1.165) is 16.4 Å². The fourth-order valence-corrected chi connectivity index (χ4v) is 5.90. The van der Waals surface area contributed by atoms with Gasteiger partial charge < -0.3 is 14.6 Å². The van der Waals surface area contributed by atoms with E-state index in [1.165, 1.54) is 44.2 Å². The molecule has 14 heteroatoms. The number of fused-ring (bicyclic) bond motifs is 1. The number of anilines is 1. The van der Waals surface area contributed by atoms with Gasteiger partial charge in [0.1, 0.15) is 17.6 Å². The third kappa shape index (κ3) is 7.59. The molecular formula is C27H25ClF5NO6S.